The quantitative estimate of drug-likeness (QED) is 0.524. The molecule has 1 saturated heterocycles. The highest BCUT2D eigenvalue weighted by molar-refractivity contribution is 8.27. The minimum absolute atomic E-state index is 0.190. The maximum Gasteiger partial charge on any atom is 0.270 e. The maximum atomic E-state index is 12.9. The van der Waals surface area contributed by atoms with E-state index in [1.165, 1.54) is 16.7 Å². The smallest absolute Gasteiger partial charge is 0.270 e. The van der Waals surface area contributed by atoms with Gasteiger partial charge in [0.15, 0.2) is 15.8 Å². The average molecular weight is 406 g/mol. The molecule has 4 nitrogen and oxygen atoms in total. The summed E-state index contributed by atoms with van der Waals surface area (Å²) in [4.78, 5) is 14.9. The molecule has 0 atom stereocenters. The largest absolute Gasteiger partial charge is 0.493 e. The molecule has 1 aliphatic rings. The Morgan fingerprint density at radius 2 is 1.96 bits per heavy atom. The normalized spacial score (nSPS) is 15.7. The first-order chi connectivity index (χ1) is 12.5. The van der Waals surface area contributed by atoms with E-state index in [1.807, 2.05) is 31.2 Å². The number of thioether (sulfide) groups is 1. The molecule has 7 heteroatoms. The van der Waals surface area contributed by atoms with Crippen LogP contribution in [-0.2, 0) is 4.79 Å². The Balaban J connectivity index is 1.99. The first kappa shape index (κ1) is 18.8. The molecule has 0 unspecified atom stereocenters. The molecule has 2 aromatic rings. The number of aryl methyl sites for hydroxylation is 1. The summed E-state index contributed by atoms with van der Waals surface area (Å²) in [6, 6.07) is 10.9. The molecule has 2 aromatic carbocycles. The predicted octanol–water partition coefficient (Wildman–Crippen LogP) is 5.07. The van der Waals surface area contributed by atoms with Gasteiger partial charge >= 0.3 is 0 Å². The van der Waals surface area contributed by atoms with Crippen molar-refractivity contribution in [3.63, 3.8) is 0 Å². The summed E-state index contributed by atoms with van der Waals surface area (Å²) in [7, 11) is 3.14. The number of carbonyl (C=O) groups is 1. The number of anilines is 1. The molecule has 134 valence electrons. The lowest BCUT2D eigenvalue weighted by Gasteiger charge is -2.15. The van der Waals surface area contributed by atoms with Gasteiger partial charge in [-0.2, -0.15) is 0 Å². The minimum atomic E-state index is -0.190. The van der Waals surface area contributed by atoms with Gasteiger partial charge < -0.3 is 9.47 Å². The van der Waals surface area contributed by atoms with Crippen LogP contribution in [0.25, 0.3) is 6.08 Å². The summed E-state index contributed by atoms with van der Waals surface area (Å²) in [5.74, 6) is 0.977. The van der Waals surface area contributed by atoms with Gasteiger partial charge in [0.1, 0.15) is 0 Å². The number of hydrogen-bond donors (Lipinski definition) is 0. The van der Waals surface area contributed by atoms with Crippen LogP contribution in [0.3, 0.4) is 0 Å². The lowest BCUT2D eigenvalue weighted by Crippen LogP contribution is -2.27. The molecule has 1 fully saturated rings. The van der Waals surface area contributed by atoms with Crippen molar-refractivity contribution in [2.24, 2.45) is 0 Å². The molecule has 0 aromatic heterocycles. The molecular weight excluding hydrogens is 390 g/mol. The van der Waals surface area contributed by atoms with Crippen molar-refractivity contribution in [1.82, 2.24) is 0 Å². The van der Waals surface area contributed by atoms with Crippen molar-refractivity contribution in [2.75, 3.05) is 19.1 Å². The number of carbonyl (C=O) groups excluding carboxylic acids is 1. The lowest BCUT2D eigenvalue weighted by atomic mass is 10.1. The fourth-order valence-electron chi connectivity index (χ4n) is 2.58. The Morgan fingerprint density at radius 3 is 2.62 bits per heavy atom. The molecule has 1 aliphatic heterocycles. The Morgan fingerprint density at radius 1 is 1.19 bits per heavy atom. The zero-order chi connectivity index (χ0) is 18.8. The summed E-state index contributed by atoms with van der Waals surface area (Å²) in [5, 5.41) is 0.593. The van der Waals surface area contributed by atoms with E-state index in [2.05, 4.69) is 0 Å². The van der Waals surface area contributed by atoms with Gasteiger partial charge in [-0.25, -0.2) is 0 Å². The van der Waals surface area contributed by atoms with Crippen molar-refractivity contribution < 1.29 is 14.3 Å². The number of nitrogens with zero attached hydrogens (tertiary/aromatic N) is 1. The highest BCUT2D eigenvalue weighted by atomic mass is 35.5. The molecule has 26 heavy (non-hydrogen) atoms. The van der Waals surface area contributed by atoms with E-state index in [1.54, 1.807) is 32.4 Å². The van der Waals surface area contributed by atoms with E-state index in [9.17, 15) is 4.79 Å². The Bertz CT molecular complexity index is 927. The second-order valence-electron chi connectivity index (χ2n) is 5.53. The Kier molecular flexibility index (Phi) is 5.55. The number of rotatable bonds is 4. The van der Waals surface area contributed by atoms with Gasteiger partial charge in [0.05, 0.1) is 24.8 Å². The third-order valence-corrected chi connectivity index (χ3v) is 5.64. The van der Waals surface area contributed by atoms with Crippen LogP contribution in [0.4, 0.5) is 5.69 Å². The lowest BCUT2D eigenvalue weighted by molar-refractivity contribution is -0.113. The van der Waals surface area contributed by atoms with Gasteiger partial charge in [0, 0.05) is 10.6 Å². The number of thiocarbonyl (C=S) groups is 1. The summed E-state index contributed by atoms with van der Waals surface area (Å²) >= 11 is 12.8. The van der Waals surface area contributed by atoms with Crippen molar-refractivity contribution in [1.29, 1.82) is 0 Å². The second-order valence-corrected chi connectivity index (χ2v) is 7.62. The standard InChI is InChI=1S/C19H16ClNO3S2/c1-11-7-8-13(10-14(11)20)21-18(22)16(26-19(21)25)9-12-5-4-6-15(23-2)17(12)24-3/h4-10H,1-3H3. The number of amides is 1. The van der Waals surface area contributed by atoms with E-state index in [-0.39, 0.29) is 5.91 Å². The zero-order valence-corrected chi connectivity index (χ0v) is 16.8. The van der Waals surface area contributed by atoms with E-state index in [0.717, 1.165) is 11.1 Å². The Hall–Kier alpha value is -2.02. The first-order valence-electron chi connectivity index (χ1n) is 7.71. The van der Waals surface area contributed by atoms with Crippen LogP contribution >= 0.6 is 35.6 Å². The highest BCUT2D eigenvalue weighted by Gasteiger charge is 2.33. The molecular formula is C19H16ClNO3S2. The topological polar surface area (TPSA) is 38.8 Å². The highest BCUT2D eigenvalue weighted by Crippen LogP contribution is 2.39. The average Bonchev–Trinajstić information content (AvgIpc) is 2.90. The van der Waals surface area contributed by atoms with E-state index in [4.69, 9.17) is 33.3 Å². The van der Waals surface area contributed by atoms with Gasteiger partial charge in [-0.15, -0.1) is 0 Å². The van der Waals surface area contributed by atoms with Crippen molar-refractivity contribution in [3.8, 4) is 11.5 Å². The number of halogens is 1. The van der Waals surface area contributed by atoms with E-state index in [0.29, 0.717) is 31.4 Å². The molecule has 3 rings (SSSR count). The summed E-state index contributed by atoms with van der Waals surface area (Å²) < 4.78 is 11.2. The fourth-order valence-corrected chi connectivity index (χ4v) is 4.04. The van der Waals surface area contributed by atoms with Crippen LogP contribution < -0.4 is 14.4 Å². The number of methoxy groups -OCH3 is 2. The summed E-state index contributed by atoms with van der Waals surface area (Å²) in [6.45, 7) is 1.91. The predicted molar refractivity (Wildman–Crippen MR) is 111 cm³/mol. The van der Waals surface area contributed by atoms with Gasteiger partial charge in [-0.05, 0) is 36.8 Å². The molecule has 0 bridgehead atoms. The van der Waals surface area contributed by atoms with Gasteiger partial charge in [-0.1, -0.05) is 53.8 Å². The van der Waals surface area contributed by atoms with Crippen molar-refractivity contribution in [2.45, 2.75) is 6.92 Å². The molecule has 0 N–H and O–H groups in total. The second kappa shape index (κ2) is 7.70. The first-order valence-corrected chi connectivity index (χ1v) is 9.31. The molecule has 1 heterocycles. The van der Waals surface area contributed by atoms with E-state index < -0.39 is 0 Å². The molecule has 0 saturated carbocycles. The van der Waals surface area contributed by atoms with Gasteiger partial charge in [0.25, 0.3) is 5.91 Å². The summed E-state index contributed by atoms with van der Waals surface area (Å²) in [6.07, 6.45) is 1.76. The fraction of sp³-hybridized carbons (Fsp3) is 0.158. The van der Waals surface area contributed by atoms with Crippen molar-refractivity contribution in [3.05, 3.63) is 57.5 Å². The third kappa shape index (κ3) is 3.45. The van der Waals surface area contributed by atoms with Crippen molar-refractivity contribution >= 4 is 57.6 Å². The monoisotopic (exact) mass is 405 g/mol. The zero-order valence-electron chi connectivity index (χ0n) is 14.4. The van der Waals surface area contributed by atoms with Crippen LogP contribution in [0, 0.1) is 6.92 Å². The molecule has 0 radical (unpaired) electrons. The van der Waals surface area contributed by atoms with Crippen LogP contribution in [0.2, 0.25) is 5.02 Å². The number of benzene rings is 2. The molecule has 0 aliphatic carbocycles. The minimum Gasteiger partial charge on any atom is -0.493 e. The van der Waals surface area contributed by atoms with Gasteiger partial charge in [-0.3, -0.25) is 9.69 Å². The maximum absolute atomic E-state index is 12.9. The number of ether oxygens (including phenoxy) is 2. The van der Waals surface area contributed by atoms with Crippen LogP contribution in [0.15, 0.2) is 41.3 Å². The van der Waals surface area contributed by atoms with Crippen LogP contribution in [-0.4, -0.2) is 24.4 Å². The van der Waals surface area contributed by atoms with Crippen LogP contribution in [0.5, 0.6) is 11.5 Å². The molecule has 0 spiro atoms. The SMILES string of the molecule is COc1cccc(C=C2SC(=S)N(c3ccc(C)c(Cl)c3)C2=O)c1OC. The van der Waals surface area contributed by atoms with Crippen LogP contribution in [0.1, 0.15) is 11.1 Å². The molecule has 1 amide bonds. The summed E-state index contributed by atoms with van der Waals surface area (Å²) in [5.41, 5.74) is 2.34. The number of para-hydroxylation sites is 1. The van der Waals surface area contributed by atoms with Gasteiger partial charge in [0.2, 0.25) is 0 Å². The third-order valence-electron chi connectivity index (χ3n) is 3.93. The Labute approximate surface area is 166 Å². The number of hydrogen-bond acceptors (Lipinski definition) is 5. The van der Waals surface area contributed by atoms with E-state index >= 15 is 0 Å².